The van der Waals surface area contributed by atoms with Crippen molar-refractivity contribution in [1.82, 2.24) is 5.32 Å². The van der Waals surface area contributed by atoms with Crippen LogP contribution in [0.3, 0.4) is 0 Å². The summed E-state index contributed by atoms with van der Waals surface area (Å²) in [7, 11) is 0. The summed E-state index contributed by atoms with van der Waals surface area (Å²) in [6, 6.07) is 0. The molecule has 0 bridgehead atoms. The van der Waals surface area contributed by atoms with E-state index >= 15 is 0 Å². The van der Waals surface area contributed by atoms with Crippen LogP contribution in [0.4, 0.5) is 4.79 Å². The fourth-order valence-corrected chi connectivity index (χ4v) is 2.40. The zero-order chi connectivity index (χ0) is 13.8. The standard InChI is InChI=1S/C14H25NO3/c1-10-7-5-6-8-11(10)12(16)9-15-13(17)18-14(2,3)4/h10-11H,5-9H2,1-4H3,(H,15,17). The van der Waals surface area contributed by atoms with Crippen molar-refractivity contribution in [3.8, 4) is 0 Å². The number of carbonyl (C=O) groups excluding carboxylic acids is 2. The Balaban J connectivity index is 2.34. The van der Waals surface area contributed by atoms with E-state index in [4.69, 9.17) is 4.74 Å². The number of ketones is 1. The zero-order valence-electron chi connectivity index (χ0n) is 11.9. The molecule has 2 unspecified atom stereocenters. The van der Waals surface area contributed by atoms with Gasteiger partial charge in [-0.25, -0.2) is 4.79 Å². The number of alkyl carbamates (subject to hydrolysis) is 1. The maximum Gasteiger partial charge on any atom is 0.408 e. The highest BCUT2D eigenvalue weighted by Gasteiger charge is 2.28. The lowest BCUT2D eigenvalue weighted by atomic mass is 9.78. The molecular weight excluding hydrogens is 230 g/mol. The topological polar surface area (TPSA) is 55.4 Å². The molecule has 104 valence electrons. The fourth-order valence-electron chi connectivity index (χ4n) is 2.40. The van der Waals surface area contributed by atoms with Crippen molar-refractivity contribution in [1.29, 1.82) is 0 Å². The van der Waals surface area contributed by atoms with E-state index in [0.29, 0.717) is 5.92 Å². The number of hydrogen-bond acceptors (Lipinski definition) is 3. The van der Waals surface area contributed by atoms with Gasteiger partial charge >= 0.3 is 6.09 Å². The number of carbonyl (C=O) groups is 2. The lowest BCUT2D eigenvalue weighted by Crippen LogP contribution is -2.39. The lowest BCUT2D eigenvalue weighted by molar-refractivity contribution is -0.124. The van der Waals surface area contributed by atoms with E-state index in [2.05, 4.69) is 12.2 Å². The molecule has 1 aliphatic rings. The molecule has 1 N–H and O–H groups in total. The minimum atomic E-state index is -0.523. The van der Waals surface area contributed by atoms with Crippen LogP contribution in [0.2, 0.25) is 0 Å². The quantitative estimate of drug-likeness (QED) is 0.843. The van der Waals surface area contributed by atoms with Crippen molar-refractivity contribution in [2.45, 2.75) is 59.0 Å². The predicted molar refractivity (Wildman–Crippen MR) is 70.4 cm³/mol. The van der Waals surface area contributed by atoms with E-state index in [1.54, 1.807) is 20.8 Å². The number of rotatable bonds is 3. The van der Waals surface area contributed by atoms with Gasteiger partial charge in [0.05, 0.1) is 6.54 Å². The zero-order valence-corrected chi connectivity index (χ0v) is 11.9. The molecule has 0 aromatic carbocycles. The Labute approximate surface area is 109 Å². The van der Waals surface area contributed by atoms with Crippen molar-refractivity contribution < 1.29 is 14.3 Å². The normalized spacial score (nSPS) is 24.4. The average molecular weight is 255 g/mol. The van der Waals surface area contributed by atoms with Gasteiger partial charge in [0.15, 0.2) is 5.78 Å². The van der Waals surface area contributed by atoms with Crippen LogP contribution in [0.25, 0.3) is 0 Å². The van der Waals surface area contributed by atoms with Crippen LogP contribution in [0, 0.1) is 11.8 Å². The third-order valence-electron chi connectivity index (χ3n) is 3.33. The third-order valence-corrected chi connectivity index (χ3v) is 3.33. The molecule has 0 radical (unpaired) electrons. The summed E-state index contributed by atoms with van der Waals surface area (Å²) < 4.78 is 5.10. The van der Waals surface area contributed by atoms with Crippen molar-refractivity contribution in [2.75, 3.05) is 6.54 Å². The van der Waals surface area contributed by atoms with E-state index in [-0.39, 0.29) is 18.2 Å². The van der Waals surface area contributed by atoms with Gasteiger partial charge in [0.1, 0.15) is 5.60 Å². The van der Waals surface area contributed by atoms with Crippen LogP contribution in [0.1, 0.15) is 53.4 Å². The number of hydrogen-bond donors (Lipinski definition) is 1. The molecule has 1 saturated carbocycles. The van der Waals surface area contributed by atoms with Crippen molar-refractivity contribution in [2.24, 2.45) is 11.8 Å². The van der Waals surface area contributed by atoms with Crippen molar-refractivity contribution >= 4 is 11.9 Å². The number of ether oxygens (including phenoxy) is 1. The van der Waals surface area contributed by atoms with E-state index in [1.165, 1.54) is 6.42 Å². The molecule has 0 heterocycles. The van der Waals surface area contributed by atoms with Crippen LogP contribution in [0.5, 0.6) is 0 Å². The highest BCUT2D eigenvalue weighted by molar-refractivity contribution is 5.86. The van der Waals surface area contributed by atoms with Crippen LogP contribution in [-0.4, -0.2) is 24.0 Å². The summed E-state index contributed by atoms with van der Waals surface area (Å²) in [5.74, 6) is 0.674. The molecule has 1 rings (SSSR count). The summed E-state index contributed by atoms with van der Waals surface area (Å²) >= 11 is 0. The minimum Gasteiger partial charge on any atom is -0.444 e. The first-order chi connectivity index (χ1) is 8.29. The fraction of sp³-hybridized carbons (Fsp3) is 0.857. The van der Waals surface area contributed by atoms with Crippen molar-refractivity contribution in [3.05, 3.63) is 0 Å². The van der Waals surface area contributed by atoms with E-state index < -0.39 is 11.7 Å². The molecule has 1 fully saturated rings. The van der Waals surface area contributed by atoms with Gasteiger partial charge < -0.3 is 10.1 Å². The summed E-state index contributed by atoms with van der Waals surface area (Å²) in [6.07, 6.45) is 3.88. The Hall–Kier alpha value is -1.06. The molecule has 0 aromatic rings. The monoisotopic (exact) mass is 255 g/mol. The van der Waals surface area contributed by atoms with E-state index in [9.17, 15) is 9.59 Å². The molecule has 0 spiro atoms. The predicted octanol–water partition coefficient (Wildman–Crippen LogP) is 2.91. The van der Waals surface area contributed by atoms with Crippen LogP contribution < -0.4 is 5.32 Å². The van der Waals surface area contributed by atoms with Gasteiger partial charge in [0, 0.05) is 5.92 Å². The molecule has 2 atom stereocenters. The van der Waals surface area contributed by atoms with Gasteiger partial charge in [-0.1, -0.05) is 26.2 Å². The van der Waals surface area contributed by atoms with Crippen LogP contribution in [-0.2, 0) is 9.53 Å². The number of amides is 1. The largest absolute Gasteiger partial charge is 0.444 e. The van der Waals surface area contributed by atoms with Gasteiger partial charge in [-0.05, 0) is 33.1 Å². The van der Waals surface area contributed by atoms with Gasteiger partial charge in [-0.2, -0.15) is 0 Å². The molecule has 1 aliphatic carbocycles. The molecule has 4 heteroatoms. The second-order valence-electron chi connectivity index (χ2n) is 6.19. The Kier molecular flexibility index (Phi) is 5.17. The Bertz CT molecular complexity index is 307. The average Bonchev–Trinajstić information content (AvgIpc) is 2.24. The summed E-state index contributed by atoms with van der Waals surface area (Å²) in [6.45, 7) is 7.62. The molecule has 0 aromatic heterocycles. The first-order valence-corrected chi connectivity index (χ1v) is 6.79. The lowest BCUT2D eigenvalue weighted by Gasteiger charge is -2.27. The Morgan fingerprint density at radius 1 is 1.22 bits per heavy atom. The van der Waals surface area contributed by atoms with E-state index in [0.717, 1.165) is 19.3 Å². The highest BCUT2D eigenvalue weighted by atomic mass is 16.6. The van der Waals surface area contributed by atoms with Gasteiger partial charge in [-0.15, -0.1) is 0 Å². The summed E-state index contributed by atoms with van der Waals surface area (Å²) in [4.78, 5) is 23.5. The van der Waals surface area contributed by atoms with Crippen molar-refractivity contribution in [3.63, 3.8) is 0 Å². The van der Waals surface area contributed by atoms with Gasteiger partial charge in [0.25, 0.3) is 0 Å². The first kappa shape index (κ1) is 15.0. The van der Waals surface area contributed by atoms with Crippen LogP contribution >= 0.6 is 0 Å². The number of Topliss-reactive ketones (excluding diaryl/α,β-unsaturated/α-hetero) is 1. The van der Waals surface area contributed by atoms with E-state index in [1.807, 2.05) is 0 Å². The van der Waals surface area contributed by atoms with Gasteiger partial charge in [0.2, 0.25) is 0 Å². The summed E-state index contributed by atoms with van der Waals surface area (Å²) in [5.41, 5.74) is -0.523. The molecule has 0 aliphatic heterocycles. The third kappa shape index (κ3) is 5.07. The second-order valence-corrected chi connectivity index (χ2v) is 6.19. The smallest absolute Gasteiger partial charge is 0.408 e. The Morgan fingerprint density at radius 2 is 1.83 bits per heavy atom. The molecule has 4 nitrogen and oxygen atoms in total. The maximum absolute atomic E-state index is 12.0. The summed E-state index contributed by atoms with van der Waals surface area (Å²) in [5, 5.41) is 2.55. The second kappa shape index (κ2) is 6.21. The SMILES string of the molecule is CC1CCCCC1C(=O)CNC(=O)OC(C)(C)C. The Morgan fingerprint density at radius 3 is 2.39 bits per heavy atom. The first-order valence-electron chi connectivity index (χ1n) is 6.79. The van der Waals surface area contributed by atoms with Crippen LogP contribution in [0.15, 0.2) is 0 Å². The molecule has 1 amide bonds. The van der Waals surface area contributed by atoms with Gasteiger partial charge in [-0.3, -0.25) is 4.79 Å². The molecular formula is C14H25NO3. The molecule has 0 saturated heterocycles. The maximum atomic E-state index is 12.0. The minimum absolute atomic E-state index is 0.0872. The number of nitrogens with one attached hydrogen (secondary N) is 1. The molecule has 18 heavy (non-hydrogen) atoms. The highest BCUT2D eigenvalue weighted by Crippen LogP contribution is 2.29.